The third-order valence-corrected chi connectivity index (χ3v) is 2.51. The van der Waals surface area contributed by atoms with Crippen molar-refractivity contribution in [2.24, 2.45) is 0 Å². The van der Waals surface area contributed by atoms with Gasteiger partial charge < -0.3 is 5.32 Å². The lowest BCUT2D eigenvalue weighted by Crippen LogP contribution is -2.27. The Morgan fingerprint density at radius 3 is 2.61 bits per heavy atom. The zero-order valence-corrected chi connectivity index (χ0v) is 9.80. The van der Waals surface area contributed by atoms with E-state index in [2.05, 4.69) is 15.3 Å². The summed E-state index contributed by atoms with van der Waals surface area (Å²) in [5.74, 6) is -0.605. The van der Waals surface area contributed by atoms with Crippen LogP contribution in [0.15, 0.2) is 42.9 Å². The number of benzene rings is 1. The van der Waals surface area contributed by atoms with Crippen LogP contribution in [0.2, 0.25) is 0 Å². The monoisotopic (exact) mass is 245 g/mol. The first-order valence-corrected chi connectivity index (χ1v) is 5.49. The van der Waals surface area contributed by atoms with E-state index >= 15 is 0 Å². The molecule has 0 saturated heterocycles. The first kappa shape index (κ1) is 12.2. The van der Waals surface area contributed by atoms with Gasteiger partial charge in [-0.3, -0.25) is 9.78 Å². The maximum absolute atomic E-state index is 12.8. The smallest absolute Gasteiger partial charge is 0.271 e. The van der Waals surface area contributed by atoms with Crippen LogP contribution in [0.4, 0.5) is 4.39 Å². The molecule has 4 nitrogen and oxygen atoms in total. The molecule has 0 aliphatic heterocycles. The Bertz CT molecular complexity index is 528. The van der Waals surface area contributed by atoms with Gasteiger partial charge >= 0.3 is 0 Å². The van der Waals surface area contributed by atoms with Crippen LogP contribution in [0.3, 0.4) is 0 Å². The highest BCUT2D eigenvalue weighted by molar-refractivity contribution is 5.92. The molecule has 2 aromatic rings. The molecular weight excluding hydrogens is 233 g/mol. The number of amides is 1. The Morgan fingerprint density at radius 2 is 2.00 bits per heavy atom. The molecule has 0 bridgehead atoms. The third-order valence-electron chi connectivity index (χ3n) is 2.51. The topological polar surface area (TPSA) is 54.9 Å². The molecule has 1 amide bonds. The van der Waals surface area contributed by atoms with E-state index in [1.54, 1.807) is 12.1 Å². The van der Waals surface area contributed by atoms with Crippen molar-refractivity contribution >= 4 is 5.91 Å². The molecule has 1 atom stereocenters. The van der Waals surface area contributed by atoms with Gasteiger partial charge in [-0.05, 0) is 24.6 Å². The highest BCUT2D eigenvalue weighted by Crippen LogP contribution is 2.13. The second-order valence-corrected chi connectivity index (χ2v) is 3.84. The number of aromatic nitrogens is 2. The molecule has 1 unspecified atom stereocenters. The number of hydrogen-bond acceptors (Lipinski definition) is 3. The summed E-state index contributed by atoms with van der Waals surface area (Å²) in [6, 6.07) is 5.77. The number of rotatable bonds is 3. The molecule has 2 rings (SSSR count). The molecule has 18 heavy (non-hydrogen) atoms. The van der Waals surface area contributed by atoms with Gasteiger partial charge in [-0.15, -0.1) is 0 Å². The maximum Gasteiger partial charge on any atom is 0.271 e. The molecule has 1 heterocycles. The molecule has 5 heteroatoms. The highest BCUT2D eigenvalue weighted by atomic mass is 19.1. The van der Waals surface area contributed by atoms with Crippen molar-refractivity contribution in [1.82, 2.24) is 15.3 Å². The first-order valence-electron chi connectivity index (χ1n) is 5.49. The van der Waals surface area contributed by atoms with E-state index in [0.717, 1.165) is 5.56 Å². The van der Waals surface area contributed by atoms with Crippen LogP contribution in [0.5, 0.6) is 0 Å². The van der Waals surface area contributed by atoms with Crippen LogP contribution >= 0.6 is 0 Å². The van der Waals surface area contributed by atoms with E-state index in [0.29, 0.717) is 0 Å². The van der Waals surface area contributed by atoms with Gasteiger partial charge in [-0.1, -0.05) is 12.1 Å². The van der Waals surface area contributed by atoms with Gasteiger partial charge in [0.2, 0.25) is 0 Å². The summed E-state index contributed by atoms with van der Waals surface area (Å²) in [5, 5.41) is 2.77. The fourth-order valence-electron chi connectivity index (χ4n) is 1.52. The Hall–Kier alpha value is -2.30. The average Bonchev–Trinajstić information content (AvgIpc) is 2.40. The molecule has 1 aromatic heterocycles. The summed E-state index contributed by atoms with van der Waals surface area (Å²) in [6.07, 6.45) is 4.35. The van der Waals surface area contributed by atoms with Crippen molar-refractivity contribution in [1.29, 1.82) is 0 Å². The van der Waals surface area contributed by atoms with Gasteiger partial charge in [0.15, 0.2) is 0 Å². The number of nitrogens with zero attached hydrogens (tertiary/aromatic N) is 2. The van der Waals surface area contributed by atoms with Crippen LogP contribution in [0.25, 0.3) is 0 Å². The fourth-order valence-corrected chi connectivity index (χ4v) is 1.52. The van der Waals surface area contributed by atoms with E-state index in [4.69, 9.17) is 0 Å². The van der Waals surface area contributed by atoms with Gasteiger partial charge in [0, 0.05) is 12.4 Å². The summed E-state index contributed by atoms with van der Waals surface area (Å²) in [6.45, 7) is 1.82. The SMILES string of the molecule is CC(NC(=O)c1cnccn1)c1ccc(F)cc1. The lowest BCUT2D eigenvalue weighted by atomic mass is 10.1. The van der Waals surface area contributed by atoms with E-state index < -0.39 is 0 Å². The van der Waals surface area contributed by atoms with E-state index in [9.17, 15) is 9.18 Å². The van der Waals surface area contributed by atoms with Crippen molar-refractivity contribution in [3.05, 3.63) is 59.9 Å². The van der Waals surface area contributed by atoms with Gasteiger partial charge in [0.25, 0.3) is 5.91 Å². The lowest BCUT2D eigenvalue weighted by molar-refractivity contribution is 0.0934. The summed E-state index contributed by atoms with van der Waals surface area (Å²) >= 11 is 0. The molecule has 1 aromatic carbocycles. The summed E-state index contributed by atoms with van der Waals surface area (Å²) in [5.41, 5.74) is 1.08. The predicted octanol–water partition coefficient (Wildman–Crippen LogP) is 2.11. The lowest BCUT2D eigenvalue weighted by Gasteiger charge is -2.13. The van der Waals surface area contributed by atoms with E-state index in [1.165, 1.54) is 30.7 Å². The van der Waals surface area contributed by atoms with Gasteiger partial charge in [0.1, 0.15) is 11.5 Å². The van der Waals surface area contributed by atoms with Crippen molar-refractivity contribution in [2.45, 2.75) is 13.0 Å². The molecule has 1 N–H and O–H groups in total. The van der Waals surface area contributed by atoms with Gasteiger partial charge in [0.05, 0.1) is 12.2 Å². The number of halogens is 1. The fraction of sp³-hybridized carbons (Fsp3) is 0.154. The highest BCUT2D eigenvalue weighted by Gasteiger charge is 2.12. The molecule has 92 valence electrons. The molecule has 0 saturated carbocycles. The Morgan fingerprint density at radius 1 is 1.28 bits per heavy atom. The van der Waals surface area contributed by atoms with E-state index in [1.807, 2.05) is 6.92 Å². The number of carbonyl (C=O) groups is 1. The second-order valence-electron chi connectivity index (χ2n) is 3.84. The van der Waals surface area contributed by atoms with Crippen LogP contribution in [0.1, 0.15) is 29.0 Å². The summed E-state index contributed by atoms with van der Waals surface area (Å²) < 4.78 is 12.8. The number of hydrogen-bond donors (Lipinski definition) is 1. The number of carbonyl (C=O) groups excluding carboxylic acids is 1. The van der Waals surface area contributed by atoms with Gasteiger partial charge in [-0.25, -0.2) is 9.37 Å². The average molecular weight is 245 g/mol. The minimum Gasteiger partial charge on any atom is -0.344 e. The van der Waals surface area contributed by atoms with Crippen LogP contribution in [-0.4, -0.2) is 15.9 Å². The van der Waals surface area contributed by atoms with E-state index in [-0.39, 0.29) is 23.5 Å². The zero-order chi connectivity index (χ0) is 13.0. The molecule has 0 aliphatic rings. The van der Waals surface area contributed by atoms with Crippen molar-refractivity contribution in [2.75, 3.05) is 0 Å². The first-order chi connectivity index (χ1) is 8.66. The molecule has 0 spiro atoms. The maximum atomic E-state index is 12.8. The van der Waals surface area contributed by atoms with Crippen molar-refractivity contribution in [3.63, 3.8) is 0 Å². The minimum atomic E-state index is -0.306. The Balaban J connectivity index is 2.06. The normalized spacial score (nSPS) is 11.9. The molecule has 0 radical (unpaired) electrons. The van der Waals surface area contributed by atoms with Crippen LogP contribution in [-0.2, 0) is 0 Å². The quantitative estimate of drug-likeness (QED) is 0.901. The predicted molar refractivity (Wildman–Crippen MR) is 64.3 cm³/mol. The van der Waals surface area contributed by atoms with Gasteiger partial charge in [-0.2, -0.15) is 0 Å². The third kappa shape index (κ3) is 2.88. The Kier molecular flexibility index (Phi) is 3.62. The molecule has 0 aliphatic carbocycles. The zero-order valence-electron chi connectivity index (χ0n) is 9.80. The largest absolute Gasteiger partial charge is 0.344 e. The van der Waals surface area contributed by atoms with Crippen LogP contribution < -0.4 is 5.32 Å². The Labute approximate surface area is 104 Å². The van der Waals surface area contributed by atoms with Crippen molar-refractivity contribution in [3.8, 4) is 0 Å². The summed E-state index contributed by atoms with van der Waals surface area (Å²) in [7, 11) is 0. The summed E-state index contributed by atoms with van der Waals surface area (Å²) in [4.78, 5) is 19.5. The minimum absolute atomic E-state index is 0.222. The van der Waals surface area contributed by atoms with Crippen molar-refractivity contribution < 1.29 is 9.18 Å². The van der Waals surface area contributed by atoms with Crippen LogP contribution in [0, 0.1) is 5.82 Å². The second kappa shape index (κ2) is 5.35. The molecule has 0 fully saturated rings. The number of nitrogens with one attached hydrogen (secondary N) is 1. The standard InChI is InChI=1S/C13H12FN3O/c1-9(10-2-4-11(14)5-3-10)17-13(18)12-8-15-6-7-16-12/h2-9H,1H3,(H,17,18). The molecular formula is C13H12FN3O.